The average molecular weight is 404 g/mol. The van der Waals surface area contributed by atoms with Gasteiger partial charge in [0.25, 0.3) is 0 Å². The molecule has 1 amide bonds. The molecular weight excluding hydrogens is 380 g/mol. The number of morpholine rings is 1. The molecule has 4 rings (SSSR count). The van der Waals surface area contributed by atoms with E-state index in [0.717, 1.165) is 11.1 Å². The van der Waals surface area contributed by atoms with Crippen molar-refractivity contribution in [3.8, 4) is 6.07 Å². The molecule has 2 heterocycles. The molecule has 2 atom stereocenters. The number of ketones is 1. The van der Waals surface area contributed by atoms with Gasteiger partial charge in [-0.1, -0.05) is 42.5 Å². The van der Waals surface area contributed by atoms with Crippen LogP contribution in [0.4, 0.5) is 4.79 Å². The van der Waals surface area contributed by atoms with Crippen LogP contribution in [0.5, 0.6) is 0 Å². The average Bonchev–Trinajstić information content (AvgIpc) is 2.77. The number of hydrogen-bond acceptors (Lipinski definition) is 5. The Morgan fingerprint density at radius 2 is 1.73 bits per heavy atom. The van der Waals surface area contributed by atoms with Gasteiger partial charge in [-0.25, -0.2) is 4.79 Å². The normalized spacial score (nSPS) is 22.8. The second-order valence-electron chi connectivity index (χ2n) is 7.92. The van der Waals surface area contributed by atoms with Gasteiger partial charge in [-0.15, -0.1) is 0 Å². The number of carbonyl (C=O) groups is 2. The topological polar surface area (TPSA) is 79.6 Å². The number of rotatable bonds is 5. The summed E-state index contributed by atoms with van der Waals surface area (Å²) < 4.78 is 11.2. The zero-order valence-electron chi connectivity index (χ0n) is 16.7. The number of piperidine rings is 1. The lowest BCUT2D eigenvalue weighted by molar-refractivity contribution is -0.130. The van der Waals surface area contributed by atoms with Crippen LogP contribution in [-0.2, 0) is 27.3 Å². The zero-order valence-corrected chi connectivity index (χ0v) is 16.7. The molecule has 30 heavy (non-hydrogen) atoms. The molecule has 6 heteroatoms. The maximum absolute atomic E-state index is 12.9. The molecular formula is C24H24N2O4. The summed E-state index contributed by atoms with van der Waals surface area (Å²) in [5.74, 6) is 0.0344. The van der Waals surface area contributed by atoms with Crippen molar-refractivity contribution in [2.75, 3.05) is 13.2 Å². The fourth-order valence-corrected chi connectivity index (χ4v) is 4.37. The van der Waals surface area contributed by atoms with Gasteiger partial charge in [-0.3, -0.25) is 9.69 Å². The first-order valence-corrected chi connectivity index (χ1v) is 10.2. The highest BCUT2D eigenvalue weighted by atomic mass is 16.6. The van der Waals surface area contributed by atoms with E-state index < -0.39 is 0 Å². The van der Waals surface area contributed by atoms with Gasteiger partial charge >= 0.3 is 6.09 Å². The van der Waals surface area contributed by atoms with E-state index in [0.29, 0.717) is 38.0 Å². The fraction of sp³-hybridized carbons (Fsp3) is 0.375. The molecule has 2 aromatic rings. The van der Waals surface area contributed by atoms with Gasteiger partial charge in [0.1, 0.15) is 12.4 Å². The molecule has 0 aliphatic carbocycles. The van der Waals surface area contributed by atoms with Crippen LogP contribution in [0.2, 0.25) is 0 Å². The van der Waals surface area contributed by atoms with Crippen LogP contribution >= 0.6 is 0 Å². The van der Waals surface area contributed by atoms with E-state index in [2.05, 4.69) is 6.07 Å². The minimum atomic E-state index is -0.343. The first-order valence-electron chi connectivity index (χ1n) is 10.2. The number of nitriles is 1. The number of nitrogens with zero attached hydrogens (tertiary/aromatic N) is 2. The predicted octanol–water partition coefficient (Wildman–Crippen LogP) is 3.49. The van der Waals surface area contributed by atoms with Gasteiger partial charge in [0.05, 0.1) is 36.9 Å². The summed E-state index contributed by atoms with van der Waals surface area (Å²) in [5, 5.41) is 9.05. The Bertz CT molecular complexity index is 939. The Balaban J connectivity index is 1.38. The summed E-state index contributed by atoms with van der Waals surface area (Å²) in [7, 11) is 0. The van der Waals surface area contributed by atoms with E-state index in [-0.39, 0.29) is 36.5 Å². The Labute approximate surface area is 176 Å². The van der Waals surface area contributed by atoms with Gasteiger partial charge in [0.2, 0.25) is 0 Å². The fourth-order valence-electron chi connectivity index (χ4n) is 4.37. The van der Waals surface area contributed by atoms with Gasteiger partial charge in [0.15, 0.2) is 0 Å². The van der Waals surface area contributed by atoms with Crippen LogP contribution in [0.3, 0.4) is 0 Å². The van der Waals surface area contributed by atoms with Crippen molar-refractivity contribution in [2.24, 2.45) is 5.92 Å². The van der Waals surface area contributed by atoms with Crippen molar-refractivity contribution < 1.29 is 19.1 Å². The summed E-state index contributed by atoms with van der Waals surface area (Å²) in [6, 6.07) is 18.6. The second-order valence-corrected chi connectivity index (χ2v) is 7.92. The maximum atomic E-state index is 12.9. The molecule has 2 saturated heterocycles. The number of ether oxygens (including phenoxy) is 2. The van der Waals surface area contributed by atoms with Crippen molar-refractivity contribution in [2.45, 2.75) is 38.0 Å². The third kappa shape index (κ3) is 4.52. The Hall–Kier alpha value is -3.17. The molecule has 0 aromatic heterocycles. The lowest BCUT2D eigenvalue weighted by atomic mass is 9.81. The summed E-state index contributed by atoms with van der Waals surface area (Å²) >= 11 is 0. The van der Waals surface area contributed by atoms with Crippen LogP contribution < -0.4 is 0 Å². The highest BCUT2D eigenvalue weighted by Crippen LogP contribution is 2.33. The molecule has 6 nitrogen and oxygen atoms in total. The smallest absolute Gasteiger partial charge is 0.410 e. The Morgan fingerprint density at radius 1 is 1.03 bits per heavy atom. The third-order valence-electron chi connectivity index (χ3n) is 5.83. The van der Waals surface area contributed by atoms with Crippen LogP contribution in [0, 0.1) is 17.2 Å². The van der Waals surface area contributed by atoms with Crippen molar-refractivity contribution in [1.82, 2.24) is 4.90 Å². The number of amides is 1. The minimum Gasteiger partial charge on any atom is -0.445 e. The van der Waals surface area contributed by atoms with Gasteiger partial charge < -0.3 is 9.47 Å². The molecule has 2 fully saturated rings. The molecule has 2 aliphatic rings. The SMILES string of the molecule is N#Cc1cccc(CC(=O)C2CC3COCC(C2)N3C(=O)OCc2ccccc2)c1. The van der Waals surface area contributed by atoms with E-state index in [9.17, 15) is 9.59 Å². The zero-order chi connectivity index (χ0) is 20.9. The summed E-state index contributed by atoms with van der Waals surface area (Å²) in [4.78, 5) is 27.5. The highest BCUT2D eigenvalue weighted by Gasteiger charge is 2.44. The van der Waals surface area contributed by atoms with Gasteiger partial charge in [-0.05, 0) is 36.1 Å². The van der Waals surface area contributed by atoms with Crippen LogP contribution in [-0.4, -0.2) is 42.1 Å². The number of Topliss-reactive ketones (excluding diaryl/α,β-unsaturated/α-hetero) is 1. The largest absolute Gasteiger partial charge is 0.445 e. The second kappa shape index (κ2) is 9.10. The van der Waals surface area contributed by atoms with Crippen LogP contribution in [0.1, 0.15) is 29.5 Å². The first kappa shape index (κ1) is 20.1. The van der Waals surface area contributed by atoms with E-state index in [1.807, 2.05) is 36.4 Å². The van der Waals surface area contributed by atoms with Crippen molar-refractivity contribution >= 4 is 11.9 Å². The van der Waals surface area contributed by atoms with Gasteiger partial charge in [-0.2, -0.15) is 5.26 Å². The number of carbonyl (C=O) groups excluding carboxylic acids is 2. The van der Waals surface area contributed by atoms with Gasteiger partial charge in [0, 0.05) is 12.3 Å². The van der Waals surface area contributed by atoms with Crippen molar-refractivity contribution in [3.05, 3.63) is 71.3 Å². The lowest BCUT2D eigenvalue weighted by Crippen LogP contribution is -2.60. The van der Waals surface area contributed by atoms with Crippen LogP contribution in [0.25, 0.3) is 0 Å². The van der Waals surface area contributed by atoms with E-state index >= 15 is 0 Å². The third-order valence-corrected chi connectivity index (χ3v) is 5.83. The maximum Gasteiger partial charge on any atom is 0.410 e. The molecule has 2 aliphatic heterocycles. The monoisotopic (exact) mass is 404 g/mol. The molecule has 2 unspecified atom stereocenters. The predicted molar refractivity (Wildman–Crippen MR) is 109 cm³/mol. The van der Waals surface area contributed by atoms with E-state index in [1.165, 1.54) is 0 Å². The molecule has 2 aromatic carbocycles. The molecule has 154 valence electrons. The van der Waals surface area contributed by atoms with Crippen LogP contribution in [0.15, 0.2) is 54.6 Å². The Morgan fingerprint density at radius 3 is 2.43 bits per heavy atom. The quantitative estimate of drug-likeness (QED) is 0.762. The van der Waals surface area contributed by atoms with E-state index in [4.69, 9.17) is 14.7 Å². The molecule has 0 N–H and O–H groups in total. The summed E-state index contributed by atoms with van der Waals surface area (Å²) in [6.07, 6.45) is 1.12. The molecule has 0 saturated carbocycles. The standard InChI is InChI=1S/C24H24N2O4/c25-13-19-8-4-7-18(9-19)10-23(27)20-11-21-15-29-16-22(12-20)26(21)24(28)30-14-17-5-2-1-3-6-17/h1-9,20-22H,10-12,14-16H2. The lowest BCUT2D eigenvalue weighted by Gasteiger charge is -2.47. The molecule has 0 spiro atoms. The van der Waals surface area contributed by atoms with E-state index in [1.54, 1.807) is 23.1 Å². The number of benzene rings is 2. The summed E-state index contributed by atoms with van der Waals surface area (Å²) in [6.45, 7) is 1.07. The van der Waals surface area contributed by atoms with Crippen molar-refractivity contribution in [3.63, 3.8) is 0 Å². The number of fused-ring (bicyclic) bond motifs is 2. The first-order chi connectivity index (χ1) is 14.6. The number of hydrogen-bond donors (Lipinski definition) is 0. The summed E-state index contributed by atoms with van der Waals surface area (Å²) in [5.41, 5.74) is 2.35. The van der Waals surface area contributed by atoms with Crippen molar-refractivity contribution in [1.29, 1.82) is 5.26 Å². The molecule has 2 bridgehead atoms. The molecule has 0 radical (unpaired) electrons. The Kier molecular flexibility index (Phi) is 6.10. The highest BCUT2D eigenvalue weighted by molar-refractivity contribution is 5.84. The minimum absolute atomic E-state index is 0.118.